The zero-order valence-electron chi connectivity index (χ0n) is 10.2. The van der Waals surface area contributed by atoms with Crippen molar-refractivity contribution in [1.82, 2.24) is 10.3 Å². The van der Waals surface area contributed by atoms with Crippen molar-refractivity contribution in [3.05, 3.63) is 36.5 Å². The van der Waals surface area contributed by atoms with Crippen LogP contribution in [0.5, 0.6) is 0 Å². The van der Waals surface area contributed by atoms with Crippen molar-refractivity contribution in [1.29, 1.82) is 0 Å². The Kier molecular flexibility index (Phi) is 5.57. The van der Waals surface area contributed by atoms with Gasteiger partial charge in [-0.25, -0.2) is 4.98 Å². The van der Waals surface area contributed by atoms with Crippen LogP contribution < -0.4 is 10.2 Å². The lowest BCUT2D eigenvalue weighted by atomic mass is 10.2. The van der Waals surface area contributed by atoms with E-state index < -0.39 is 0 Å². The molecule has 0 fully saturated rings. The zero-order chi connectivity index (χ0) is 11.8. The quantitative estimate of drug-likeness (QED) is 0.713. The van der Waals surface area contributed by atoms with Crippen molar-refractivity contribution >= 4 is 5.82 Å². The lowest BCUT2D eigenvalue weighted by molar-refractivity contribution is 0.789. The van der Waals surface area contributed by atoms with Crippen LogP contribution in [0.25, 0.3) is 0 Å². The molecule has 3 nitrogen and oxygen atoms in total. The van der Waals surface area contributed by atoms with Crippen LogP contribution in [0.15, 0.2) is 31.0 Å². The molecule has 16 heavy (non-hydrogen) atoms. The number of nitrogens with zero attached hydrogens (tertiary/aromatic N) is 2. The molecule has 0 bridgehead atoms. The highest BCUT2D eigenvalue weighted by atomic mass is 15.2. The molecule has 0 atom stereocenters. The summed E-state index contributed by atoms with van der Waals surface area (Å²) in [5, 5.41) is 3.15. The normalized spacial score (nSPS) is 10.1. The highest BCUT2D eigenvalue weighted by Crippen LogP contribution is 2.13. The topological polar surface area (TPSA) is 28.2 Å². The molecular weight excluding hydrogens is 198 g/mol. The first-order chi connectivity index (χ1) is 7.81. The minimum absolute atomic E-state index is 0.851. The standard InChI is InChI=1S/C13H21N3/c1-4-8-16(9-5-2)13-10-12(11-14-3)6-7-15-13/h4,6-7,10,14H,1,5,8-9,11H2,2-3H3. The van der Waals surface area contributed by atoms with Gasteiger partial charge in [-0.2, -0.15) is 0 Å². The van der Waals surface area contributed by atoms with E-state index in [0.29, 0.717) is 0 Å². The SMILES string of the molecule is C=CCN(CCC)c1cc(CNC)ccn1. The number of aromatic nitrogens is 1. The Morgan fingerprint density at radius 3 is 3.00 bits per heavy atom. The summed E-state index contributed by atoms with van der Waals surface area (Å²) >= 11 is 0. The van der Waals surface area contributed by atoms with Gasteiger partial charge < -0.3 is 10.2 Å². The molecule has 0 saturated heterocycles. The molecule has 3 heteroatoms. The molecule has 0 aliphatic rings. The Balaban J connectivity index is 2.81. The van der Waals surface area contributed by atoms with Crippen molar-refractivity contribution in [2.45, 2.75) is 19.9 Å². The fourth-order valence-electron chi connectivity index (χ4n) is 1.67. The molecule has 1 heterocycles. The molecule has 1 aromatic heterocycles. The van der Waals surface area contributed by atoms with Gasteiger partial charge in [-0.1, -0.05) is 13.0 Å². The summed E-state index contributed by atoms with van der Waals surface area (Å²) in [7, 11) is 1.95. The predicted molar refractivity (Wildman–Crippen MR) is 69.7 cm³/mol. The molecule has 0 spiro atoms. The van der Waals surface area contributed by atoms with Crippen molar-refractivity contribution in [2.24, 2.45) is 0 Å². The molecule has 0 saturated carbocycles. The Labute approximate surface area is 98.2 Å². The number of hydrogen-bond acceptors (Lipinski definition) is 3. The number of rotatable bonds is 7. The third-order valence-corrected chi connectivity index (χ3v) is 2.36. The Hall–Kier alpha value is -1.35. The van der Waals surface area contributed by atoms with Gasteiger partial charge in [-0.05, 0) is 31.2 Å². The first kappa shape index (κ1) is 12.7. The van der Waals surface area contributed by atoms with Gasteiger partial charge in [0.25, 0.3) is 0 Å². The molecule has 0 radical (unpaired) electrons. The van der Waals surface area contributed by atoms with E-state index in [1.165, 1.54) is 5.56 Å². The lowest BCUT2D eigenvalue weighted by Crippen LogP contribution is -2.25. The summed E-state index contributed by atoms with van der Waals surface area (Å²) in [6.07, 6.45) is 4.90. The molecule has 1 rings (SSSR count). The summed E-state index contributed by atoms with van der Waals surface area (Å²) in [5.41, 5.74) is 1.26. The summed E-state index contributed by atoms with van der Waals surface area (Å²) in [5.74, 6) is 1.04. The molecular formula is C13H21N3. The van der Waals surface area contributed by atoms with Crippen molar-refractivity contribution < 1.29 is 0 Å². The molecule has 1 aromatic rings. The van der Waals surface area contributed by atoms with E-state index in [4.69, 9.17) is 0 Å². The third-order valence-electron chi connectivity index (χ3n) is 2.36. The maximum atomic E-state index is 4.41. The van der Waals surface area contributed by atoms with Gasteiger partial charge in [0.2, 0.25) is 0 Å². The fourth-order valence-corrected chi connectivity index (χ4v) is 1.67. The second-order valence-electron chi connectivity index (χ2n) is 3.79. The van der Waals surface area contributed by atoms with Gasteiger partial charge in [0.15, 0.2) is 0 Å². The predicted octanol–water partition coefficient (Wildman–Crippen LogP) is 2.20. The van der Waals surface area contributed by atoms with Gasteiger partial charge >= 0.3 is 0 Å². The molecule has 0 aromatic carbocycles. The van der Waals surface area contributed by atoms with Crippen molar-refractivity contribution in [3.8, 4) is 0 Å². The third kappa shape index (κ3) is 3.66. The van der Waals surface area contributed by atoms with E-state index in [2.05, 4.69) is 34.8 Å². The second kappa shape index (κ2) is 7.01. The monoisotopic (exact) mass is 219 g/mol. The maximum absolute atomic E-state index is 4.41. The Bertz CT molecular complexity index is 323. The molecule has 0 amide bonds. The maximum Gasteiger partial charge on any atom is 0.129 e. The highest BCUT2D eigenvalue weighted by molar-refractivity contribution is 5.41. The number of nitrogens with one attached hydrogen (secondary N) is 1. The second-order valence-corrected chi connectivity index (χ2v) is 3.79. The van der Waals surface area contributed by atoms with E-state index in [1.807, 2.05) is 25.4 Å². The molecule has 0 unspecified atom stereocenters. The van der Waals surface area contributed by atoms with Crippen molar-refractivity contribution in [3.63, 3.8) is 0 Å². The van der Waals surface area contributed by atoms with E-state index in [1.54, 1.807) is 0 Å². The molecule has 0 aliphatic heterocycles. The first-order valence-corrected chi connectivity index (χ1v) is 5.77. The number of anilines is 1. The first-order valence-electron chi connectivity index (χ1n) is 5.77. The van der Waals surface area contributed by atoms with Crippen LogP contribution in [-0.4, -0.2) is 25.1 Å². The van der Waals surface area contributed by atoms with Crippen LogP contribution in [0.2, 0.25) is 0 Å². The van der Waals surface area contributed by atoms with Gasteiger partial charge in [-0.15, -0.1) is 6.58 Å². The smallest absolute Gasteiger partial charge is 0.129 e. The number of pyridine rings is 1. The van der Waals surface area contributed by atoms with Crippen LogP contribution in [0.4, 0.5) is 5.82 Å². The van der Waals surface area contributed by atoms with Crippen LogP contribution in [0.3, 0.4) is 0 Å². The molecule has 0 aliphatic carbocycles. The van der Waals surface area contributed by atoms with E-state index >= 15 is 0 Å². The summed E-state index contributed by atoms with van der Waals surface area (Å²) in [6.45, 7) is 8.70. The Morgan fingerprint density at radius 2 is 2.38 bits per heavy atom. The zero-order valence-corrected chi connectivity index (χ0v) is 10.2. The summed E-state index contributed by atoms with van der Waals surface area (Å²) in [4.78, 5) is 6.65. The van der Waals surface area contributed by atoms with Gasteiger partial charge in [-0.3, -0.25) is 0 Å². The summed E-state index contributed by atoms with van der Waals surface area (Å²) < 4.78 is 0. The minimum atomic E-state index is 0.851. The summed E-state index contributed by atoms with van der Waals surface area (Å²) in [6, 6.07) is 4.17. The largest absolute Gasteiger partial charge is 0.353 e. The average molecular weight is 219 g/mol. The van der Waals surface area contributed by atoms with E-state index in [0.717, 1.165) is 31.9 Å². The molecule has 1 N–H and O–H groups in total. The van der Waals surface area contributed by atoms with E-state index in [-0.39, 0.29) is 0 Å². The lowest BCUT2D eigenvalue weighted by Gasteiger charge is -2.21. The van der Waals surface area contributed by atoms with E-state index in [9.17, 15) is 0 Å². The Morgan fingerprint density at radius 1 is 1.56 bits per heavy atom. The van der Waals surface area contributed by atoms with Crippen LogP contribution in [-0.2, 0) is 6.54 Å². The average Bonchev–Trinajstić information content (AvgIpc) is 2.30. The van der Waals surface area contributed by atoms with Gasteiger partial charge in [0.1, 0.15) is 5.82 Å². The minimum Gasteiger partial charge on any atom is -0.353 e. The van der Waals surface area contributed by atoms with Gasteiger partial charge in [0.05, 0.1) is 0 Å². The van der Waals surface area contributed by atoms with Gasteiger partial charge in [0, 0.05) is 25.8 Å². The molecule has 88 valence electrons. The fraction of sp³-hybridized carbons (Fsp3) is 0.462. The highest BCUT2D eigenvalue weighted by Gasteiger charge is 2.05. The van der Waals surface area contributed by atoms with Crippen LogP contribution in [0, 0.1) is 0 Å². The van der Waals surface area contributed by atoms with Crippen LogP contribution in [0.1, 0.15) is 18.9 Å². The number of hydrogen-bond donors (Lipinski definition) is 1. The van der Waals surface area contributed by atoms with Crippen molar-refractivity contribution in [2.75, 3.05) is 25.0 Å². The van der Waals surface area contributed by atoms with Crippen LogP contribution >= 0.6 is 0 Å².